The molecule has 0 radical (unpaired) electrons. The van der Waals surface area contributed by atoms with Crippen LogP contribution in [0.25, 0.3) is 11.0 Å². The van der Waals surface area contributed by atoms with Gasteiger partial charge in [-0.2, -0.15) is 0 Å². The largest absolute Gasteiger partial charge is 0.508 e. The van der Waals surface area contributed by atoms with Gasteiger partial charge in [0.25, 0.3) is 0 Å². The van der Waals surface area contributed by atoms with E-state index in [1.165, 1.54) is 35.2 Å². The molecule has 0 aliphatic carbocycles. The highest BCUT2D eigenvalue weighted by Gasteiger charge is 2.09. The number of hydrogen-bond acceptors (Lipinski definition) is 8. The number of hydrogen-bond donors (Lipinski definition) is 2. The summed E-state index contributed by atoms with van der Waals surface area (Å²) in [6.45, 7) is 0. The van der Waals surface area contributed by atoms with Crippen molar-refractivity contribution in [3.63, 3.8) is 0 Å². The molecule has 0 fully saturated rings. The molecular formula is C12H9N3O3S2. The van der Waals surface area contributed by atoms with Crippen LogP contribution in [0.4, 0.5) is 5.13 Å². The van der Waals surface area contributed by atoms with Crippen LogP contribution in [0.15, 0.2) is 37.8 Å². The lowest BCUT2D eigenvalue weighted by molar-refractivity contribution is 0.473. The average molecular weight is 307 g/mol. The zero-order valence-corrected chi connectivity index (χ0v) is 11.7. The Kier molecular flexibility index (Phi) is 3.33. The van der Waals surface area contributed by atoms with Gasteiger partial charge in [-0.05, 0) is 17.7 Å². The van der Waals surface area contributed by atoms with Crippen LogP contribution >= 0.6 is 23.1 Å². The molecule has 0 amide bonds. The first-order valence-corrected chi connectivity index (χ1v) is 7.39. The van der Waals surface area contributed by atoms with Gasteiger partial charge in [0, 0.05) is 23.3 Å². The second kappa shape index (κ2) is 5.14. The third-order valence-electron chi connectivity index (χ3n) is 2.59. The quantitative estimate of drug-likeness (QED) is 0.565. The van der Waals surface area contributed by atoms with Crippen LogP contribution in [-0.2, 0) is 5.75 Å². The van der Waals surface area contributed by atoms with Crippen LogP contribution < -0.4 is 11.4 Å². The van der Waals surface area contributed by atoms with Crippen LogP contribution in [0.3, 0.4) is 0 Å². The number of aromatic nitrogens is 2. The number of thioether (sulfide) groups is 1. The van der Waals surface area contributed by atoms with Gasteiger partial charge in [-0.25, -0.2) is 4.79 Å². The molecule has 3 aromatic rings. The van der Waals surface area contributed by atoms with Crippen molar-refractivity contribution in [2.45, 2.75) is 10.1 Å². The third-order valence-corrected chi connectivity index (χ3v) is 4.52. The molecule has 0 saturated carbocycles. The Morgan fingerprint density at radius 3 is 2.95 bits per heavy atom. The van der Waals surface area contributed by atoms with Crippen molar-refractivity contribution in [3.05, 3.63) is 40.2 Å². The molecule has 0 atom stereocenters. The van der Waals surface area contributed by atoms with Crippen LogP contribution in [0, 0.1) is 0 Å². The van der Waals surface area contributed by atoms with E-state index in [4.69, 9.17) is 10.2 Å². The molecule has 6 nitrogen and oxygen atoms in total. The van der Waals surface area contributed by atoms with Crippen molar-refractivity contribution < 1.29 is 9.52 Å². The normalized spacial score (nSPS) is 11.0. The van der Waals surface area contributed by atoms with Gasteiger partial charge in [-0.1, -0.05) is 23.1 Å². The summed E-state index contributed by atoms with van der Waals surface area (Å²) in [4.78, 5) is 11.5. The lowest BCUT2D eigenvalue weighted by Gasteiger charge is -2.04. The molecule has 20 heavy (non-hydrogen) atoms. The highest BCUT2D eigenvalue weighted by atomic mass is 32.2. The fourth-order valence-electron chi connectivity index (χ4n) is 1.76. The summed E-state index contributed by atoms with van der Waals surface area (Å²) in [6.07, 6.45) is 0. The van der Waals surface area contributed by atoms with Crippen LogP contribution in [-0.4, -0.2) is 15.3 Å². The molecule has 3 rings (SSSR count). The van der Waals surface area contributed by atoms with Gasteiger partial charge < -0.3 is 15.3 Å². The minimum absolute atomic E-state index is 0.0577. The number of fused-ring (bicyclic) bond motifs is 1. The first-order chi connectivity index (χ1) is 9.61. The third kappa shape index (κ3) is 2.61. The Bertz CT molecular complexity index is 828. The molecule has 102 valence electrons. The summed E-state index contributed by atoms with van der Waals surface area (Å²) < 4.78 is 5.81. The van der Waals surface area contributed by atoms with E-state index >= 15 is 0 Å². The van der Waals surface area contributed by atoms with E-state index in [2.05, 4.69) is 10.2 Å². The summed E-state index contributed by atoms with van der Waals surface area (Å²) in [5.74, 6) is 0.601. The summed E-state index contributed by atoms with van der Waals surface area (Å²) in [5.41, 5.74) is 6.25. The van der Waals surface area contributed by atoms with Crippen LogP contribution in [0.5, 0.6) is 5.75 Å². The maximum atomic E-state index is 11.5. The van der Waals surface area contributed by atoms with Gasteiger partial charge in [0.2, 0.25) is 5.13 Å². The second-order valence-electron chi connectivity index (χ2n) is 3.97. The van der Waals surface area contributed by atoms with Gasteiger partial charge in [0.15, 0.2) is 4.34 Å². The lowest BCUT2D eigenvalue weighted by Crippen LogP contribution is -1.99. The fourth-order valence-corrected chi connectivity index (χ4v) is 3.38. The minimum atomic E-state index is -0.449. The SMILES string of the molecule is Nc1nnc(SCc2cc(=O)oc3cc(O)ccc23)s1. The monoisotopic (exact) mass is 307 g/mol. The van der Waals surface area contributed by atoms with E-state index in [0.717, 1.165) is 15.3 Å². The molecule has 0 spiro atoms. The smallest absolute Gasteiger partial charge is 0.336 e. The molecule has 2 aromatic heterocycles. The van der Waals surface area contributed by atoms with Crippen LogP contribution in [0.2, 0.25) is 0 Å². The molecule has 8 heteroatoms. The summed E-state index contributed by atoms with van der Waals surface area (Å²) in [5, 5.41) is 18.3. The highest BCUT2D eigenvalue weighted by molar-refractivity contribution is 8.00. The summed E-state index contributed by atoms with van der Waals surface area (Å²) >= 11 is 2.74. The molecule has 0 unspecified atom stereocenters. The molecule has 0 bridgehead atoms. The second-order valence-corrected chi connectivity index (χ2v) is 6.20. The first-order valence-electron chi connectivity index (χ1n) is 5.59. The maximum Gasteiger partial charge on any atom is 0.336 e. The number of nitrogens with zero attached hydrogens (tertiary/aromatic N) is 2. The van der Waals surface area contributed by atoms with Crippen molar-refractivity contribution >= 4 is 39.2 Å². The zero-order chi connectivity index (χ0) is 14.1. The van der Waals surface area contributed by atoms with Crippen molar-refractivity contribution in [1.29, 1.82) is 0 Å². The minimum Gasteiger partial charge on any atom is -0.508 e. The molecular weight excluding hydrogens is 298 g/mol. The Morgan fingerprint density at radius 1 is 1.35 bits per heavy atom. The van der Waals surface area contributed by atoms with Crippen molar-refractivity contribution in [2.24, 2.45) is 0 Å². The van der Waals surface area contributed by atoms with Gasteiger partial charge in [0.05, 0.1) is 0 Å². The van der Waals surface area contributed by atoms with Crippen molar-refractivity contribution in [3.8, 4) is 5.75 Å². The molecule has 0 saturated heterocycles. The topological polar surface area (TPSA) is 102 Å². The van der Waals surface area contributed by atoms with Gasteiger partial charge in [-0.3, -0.25) is 0 Å². The number of aromatic hydroxyl groups is 1. The zero-order valence-electron chi connectivity index (χ0n) is 10.1. The number of phenols is 1. The Labute approximate surface area is 121 Å². The van der Waals surface area contributed by atoms with E-state index in [1.807, 2.05) is 0 Å². The van der Waals surface area contributed by atoms with E-state index < -0.39 is 5.63 Å². The highest BCUT2D eigenvalue weighted by Crippen LogP contribution is 2.30. The van der Waals surface area contributed by atoms with E-state index in [-0.39, 0.29) is 5.75 Å². The van der Waals surface area contributed by atoms with E-state index in [9.17, 15) is 9.90 Å². The van der Waals surface area contributed by atoms with Crippen molar-refractivity contribution in [1.82, 2.24) is 10.2 Å². The Hall–Kier alpha value is -2.06. The first kappa shape index (κ1) is 12.9. The molecule has 0 aliphatic heterocycles. The van der Waals surface area contributed by atoms with Crippen LogP contribution in [0.1, 0.15) is 5.56 Å². The van der Waals surface area contributed by atoms with Gasteiger partial charge >= 0.3 is 5.63 Å². The van der Waals surface area contributed by atoms with E-state index in [0.29, 0.717) is 16.5 Å². The molecule has 1 aromatic carbocycles. The van der Waals surface area contributed by atoms with E-state index in [1.54, 1.807) is 12.1 Å². The molecule has 2 heterocycles. The Balaban J connectivity index is 1.96. The van der Waals surface area contributed by atoms with Crippen molar-refractivity contribution in [2.75, 3.05) is 5.73 Å². The predicted molar refractivity (Wildman–Crippen MR) is 78.0 cm³/mol. The molecule has 3 N–H and O–H groups in total. The maximum absolute atomic E-state index is 11.5. The number of phenolic OH excluding ortho intramolecular Hbond substituents is 1. The van der Waals surface area contributed by atoms with Gasteiger partial charge in [0.1, 0.15) is 11.3 Å². The summed E-state index contributed by atoms with van der Waals surface area (Å²) in [6, 6.07) is 6.14. The number of nitrogens with two attached hydrogens (primary N) is 1. The summed E-state index contributed by atoms with van der Waals surface area (Å²) in [7, 11) is 0. The van der Waals surface area contributed by atoms with Gasteiger partial charge in [-0.15, -0.1) is 10.2 Å². The average Bonchev–Trinajstić information content (AvgIpc) is 2.81. The fraction of sp³-hybridized carbons (Fsp3) is 0.0833. The number of benzene rings is 1. The standard InChI is InChI=1S/C12H9N3O3S2/c13-11-14-15-12(20-11)19-5-6-3-10(17)18-9-4-7(16)1-2-8(6)9/h1-4,16H,5H2,(H2,13,14). The lowest BCUT2D eigenvalue weighted by atomic mass is 10.1. The number of nitrogen functional groups attached to an aromatic ring is 1. The predicted octanol–water partition coefficient (Wildman–Crippen LogP) is 2.22. The number of anilines is 1. The Morgan fingerprint density at radius 2 is 2.20 bits per heavy atom. The molecule has 0 aliphatic rings. The number of rotatable bonds is 3.